The standard InChI is InChI=1S/C26H20ClN3O2/c1-2-14-32-25-13-12-20(27)15-19(25)17-28-30-26(31)22-16-24(18-8-4-3-5-9-18)29-23-11-7-6-10-21(22)23/h2-13,15-17H,1,14H2,(H,30,31)/b28-17-. The number of halogens is 1. The highest BCUT2D eigenvalue weighted by Crippen LogP contribution is 2.25. The SMILES string of the molecule is C=CCOc1ccc(Cl)cc1/C=N\NC(=O)c1cc(-c2ccccc2)nc2ccccc12. The lowest BCUT2D eigenvalue weighted by molar-refractivity contribution is 0.0956. The summed E-state index contributed by atoms with van der Waals surface area (Å²) in [5.74, 6) is 0.251. The van der Waals surface area contributed by atoms with E-state index in [0.29, 0.717) is 34.2 Å². The van der Waals surface area contributed by atoms with Crippen LogP contribution in [-0.2, 0) is 0 Å². The Morgan fingerprint density at radius 3 is 2.66 bits per heavy atom. The molecule has 0 radical (unpaired) electrons. The number of amides is 1. The number of para-hydroxylation sites is 1. The second-order valence-corrected chi connectivity index (χ2v) is 7.36. The molecule has 0 fully saturated rings. The minimum atomic E-state index is -0.340. The molecule has 0 aliphatic rings. The molecule has 4 rings (SSSR count). The molecule has 0 bridgehead atoms. The number of fused-ring (bicyclic) bond motifs is 1. The lowest BCUT2D eigenvalue weighted by Gasteiger charge is -2.09. The Hall–Kier alpha value is -3.96. The predicted octanol–water partition coefficient (Wildman–Crippen LogP) is 5.88. The van der Waals surface area contributed by atoms with Crippen molar-refractivity contribution in [3.05, 3.63) is 108 Å². The summed E-state index contributed by atoms with van der Waals surface area (Å²) < 4.78 is 5.62. The third-order valence-electron chi connectivity index (χ3n) is 4.73. The average Bonchev–Trinajstić information content (AvgIpc) is 2.83. The average molecular weight is 442 g/mol. The molecule has 0 aliphatic carbocycles. The van der Waals surface area contributed by atoms with Crippen LogP contribution in [0.1, 0.15) is 15.9 Å². The Morgan fingerprint density at radius 1 is 1.06 bits per heavy atom. The Balaban J connectivity index is 1.63. The summed E-state index contributed by atoms with van der Waals surface area (Å²) >= 11 is 6.10. The third-order valence-corrected chi connectivity index (χ3v) is 4.96. The lowest BCUT2D eigenvalue weighted by Crippen LogP contribution is -2.18. The van der Waals surface area contributed by atoms with Crippen LogP contribution >= 0.6 is 11.6 Å². The van der Waals surface area contributed by atoms with E-state index in [4.69, 9.17) is 21.3 Å². The molecule has 1 amide bonds. The number of benzene rings is 3. The third kappa shape index (κ3) is 4.85. The van der Waals surface area contributed by atoms with Gasteiger partial charge >= 0.3 is 0 Å². The van der Waals surface area contributed by atoms with Crippen LogP contribution in [0.2, 0.25) is 5.02 Å². The fraction of sp³-hybridized carbons (Fsp3) is 0.0385. The lowest BCUT2D eigenvalue weighted by atomic mass is 10.0. The summed E-state index contributed by atoms with van der Waals surface area (Å²) in [6.45, 7) is 4.00. The fourth-order valence-corrected chi connectivity index (χ4v) is 3.42. The maximum atomic E-state index is 13.0. The molecule has 0 unspecified atom stereocenters. The predicted molar refractivity (Wildman–Crippen MR) is 129 cm³/mol. The maximum Gasteiger partial charge on any atom is 0.272 e. The van der Waals surface area contributed by atoms with Crippen LogP contribution in [0.25, 0.3) is 22.2 Å². The van der Waals surface area contributed by atoms with Crippen molar-refractivity contribution in [2.45, 2.75) is 0 Å². The van der Waals surface area contributed by atoms with Crippen LogP contribution in [-0.4, -0.2) is 23.7 Å². The van der Waals surface area contributed by atoms with Gasteiger partial charge in [-0.05, 0) is 30.3 Å². The van der Waals surface area contributed by atoms with Gasteiger partial charge in [-0.1, -0.05) is 72.8 Å². The van der Waals surface area contributed by atoms with E-state index in [2.05, 4.69) is 17.1 Å². The van der Waals surface area contributed by atoms with Crippen LogP contribution in [0.3, 0.4) is 0 Å². The van der Waals surface area contributed by atoms with Crippen molar-refractivity contribution in [2.75, 3.05) is 6.61 Å². The summed E-state index contributed by atoms with van der Waals surface area (Å²) in [4.78, 5) is 17.7. The van der Waals surface area contributed by atoms with Crippen LogP contribution in [0.15, 0.2) is 96.6 Å². The van der Waals surface area contributed by atoms with E-state index in [-0.39, 0.29) is 5.91 Å². The molecule has 4 aromatic rings. The molecule has 0 saturated carbocycles. The van der Waals surface area contributed by atoms with Gasteiger partial charge in [0.2, 0.25) is 0 Å². The van der Waals surface area contributed by atoms with Crippen molar-refractivity contribution in [3.63, 3.8) is 0 Å². The Bertz CT molecular complexity index is 1300. The molecule has 1 aromatic heterocycles. The van der Waals surface area contributed by atoms with Crippen molar-refractivity contribution in [1.29, 1.82) is 0 Å². The number of nitrogens with one attached hydrogen (secondary N) is 1. The summed E-state index contributed by atoms with van der Waals surface area (Å²) in [6.07, 6.45) is 3.15. The van der Waals surface area contributed by atoms with Gasteiger partial charge in [0.25, 0.3) is 5.91 Å². The molecule has 0 spiro atoms. The molecular weight excluding hydrogens is 422 g/mol. The number of nitrogens with zero attached hydrogens (tertiary/aromatic N) is 2. The summed E-state index contributed by atoms with van der Waals surface area (Å²) in [5, 5.41) is 5.41. The van der Waals surface area contributed by atoms with Crippen molar-refractivity contribution >= 4 is 34.6 Å². The number of hydrazone groups is 1. The van der Waals surface area contributed by atoms with Gasteiger partial charge in [-0.2, -0.15) is 5.10 Å². The number of aromatic nitrogens is 1. The number of ether oxygens (including phenoxy) is 1. The normalized spacial score (nSPS) is 10.9. The van der Waals surface area contributed by atoms with E-state index in [1.54, 1.807) is 30.3 Å². The molecule has 1 heterocycles. The number of hydrogen-bond donors (Lipinski definition) is 1. The van der Waals surface area contributed by atoms with Gasteiger partial charge in [-0.15, -0.1) is 0 Å². The van der Waals surface area contributed by atoms with Gasteiger partial charge in [0.15, 0.2) is 0 Å². The fourth-order valence-electron chi connectivity index (χ4n) is 3.24. The molecule has 158 valence electrons. The Morgan fingerprint density at radius 2 is 1.84 bits per heavy atom. The van der Waals surface area contributed by atoms with E-state index in [1.807, 2.05) is 54.6 Å². The first-order chi connectivity index (χ1) is 15.7. The van der Waals surface area contributed by atoms with E-state index in [0.717, 1.165) is 16.5 Å². The first-order valence-corrected chi connectivity index (χ1v) is 10.4. The van der Waals surface area contributed by atoms with Gasteiger partial charge in [-0.25, -0.2) is 10.4 Å². The molecule has 0 aliphatic heterocycles. The zero-order chi connectivity index (χ0) is 22.3. The van der Waals surface area contributed by atoms with Gasteiger partial charge in [0.05, 0.1) is 23.0 Å². The summed E-state index contributed by atoms with van der Waals surface area (Å²) in [7, 11) is 0. The molecule has 3 aromatic carbocycles. The maximum absolute atomic E-state index is 13.0. The quantitative estimate of drug-likeness (QED) is 0.221. The molecule has 1 N–H and O–H groups in total. The highest BCUT2D eigenvalue weighted by molar-refractivity contribution is 6.30. The smallest absolute Gasteiger partial charge is 0.272 e. The van der Waals surface area contributed by atoms with E-state index >= 15 is 0 Å². The zero-order valence-electron chi connectivity index (χ0n) is 17.2. The molecule has 5 nitrogen and oxygen atoms in total. The van der Waals surface area contributed by atoms with Crippen molar-refractivity contribution in [3.8, 4) is 17.0 Å². The summed E-state index contributed by atoms with van der Waals surface area (Å²) in [6, 6.07) is 24.2. The van der Waals surface area contributed by atoms with E-state index in [9.17, 15) is 4.79 Å². The van der Waals surface area contributed by atoms with Crippen molar-refractivity contribution in [2.24, 2.45) is 5.10 Å². The summed E-state index contributed by atoms with van der Waals surface area (Å²) in [5.41, 5.74) is 6.11. The van der Waals surface area contributed by atoms with Gasteiger partial charge in [-0.3, -0.25) is 4.79 Å². The van der Waals surface area contributed by atoms with Crippen LogP contribution in [0.4, 0.5) is 0 Å². The molecule has 0 saturated heterocycles. The minimum Gasteiger partial charge on any atom is -0.489 e. The first kappa shape index (κ1) is 21.3. The minimum absolute atomic E-state index is 0.340. The number of hydrogen-bond acceptors (Lipinski definition) is 4. The van der Waals surface area contributed by atoms with Crippen molar-refractivity contribution < 1.29 is 9.53 Å². The monoisotopic (exact) mass is 441 g/mol. The van der Waals surface area contributed by atoms with Gasteiger partial charge in [0, 0.05) is 21.5 Å². The highest BCUT2D eigenvalue weighted by Gasteiger charge is 2.13. The number of rotatable bonds is 7. The first-order valence-electron chi connectivity index (χ1n) is 9.97. The number of pyridine rings is 1. The Kier molecular flexibility index (Phi) is 6.58. The number of carbonyl (C=O) groups excluding carboxylic acids is 1. The molecule has 6 heteroatoms. The second-order valence-electron chi connectivity index (χ2n) is 6.92. The van der Waals surface area contributed by atoms with Gasteiger partial charge < -0.3 is 4.74 Å². The van der Waals surface area contributed by atoms with Crippen LogP contribution < -0.4 is 10.2 Å². The molecule has 0 atom stereocenters. The van der Waals surface area contributed by atoms with Crippen molar-refractivity contribution in [1.82, 2.24) is 10.4 Å². The topological polar surface area (TPSA) is 63.6 Å². The van der Waals surface area contributed by atoms with E-state index < -0.39 is 0 Å². The number of carbonyl (C=O) groups is 1. The largest absolute Gasteiger partial charge is 0.489 e. The van der Waals surface area contributed by atoms with Gasteiger partial charge in [0.1, 0.15) is 12.4 Å². The van der Waals surface area contributed by atoms with E-state index in [1.165, 1.54) is 6.21 Å². The molecular formula is C26H20ClN3O2. The zero-order valence-corrected chi connectivity index (χ0v) is 17.9. The molecule has 32 heavy (non-hydrogen) atoms. The Labute approximate surface area is 191 Å². The van der Waals surface area contributed by atoms with Crippen LogP contribution in [0.5, 0.6) is 5.75 Å². The second kappa shape index (κ2) is 9.90. The van der Waals surface area contributed by atoms with Crippen LogP contribution in [0, 0.1) is 0 Å². The highest BCUT2D eigenvalue weighted by atomic mass is 35.5.